The second-order valence-electron chi connectivity index (χ2n) is 5.55. The molecule has 0 unspecified atom stereocenters. The molecule has 2 aromatic rings. The van der Waals surface area contributed by atoms with Crippen LogP contribution in [0.3, 0.4) is 0 Å². The zero-order valence-electron chi connectivity index (χ0n) is 14.4. The summed E-state index contributed by atoms with van der Waals surface area (Å²) < 4.78 is 35.1. The number of amides is 1. The maximum Gasteiger partial charge on any atom is 0.266 e. The van der Waals surface area contributed by atoms with Crippen molar-refractivity contribution in [1.82, 2.24) is 10.3 Å². The lowest BCUT2D eigenvalue weighted by Gasteiger charge is -2.14. The van der Waals surface area contributed by atoms with Gasteiger partial charge in [-0.25, -0.2) is 8.42 Å². The Morgan fingerprint density at radius 3 is 2.31 bits per heavy atom. The van der Waals surface area contributed by atoms with Crippen LogP contribution in [0.1, 0.15) is 24.2 Å². The summed E-state index contributed by atoms with van der Waals surface area (Å²) in [4.78, 5) is 14.2. The fourth-order valence-electron chi connectivity index (χ4n) is 2.02. The van der Waals surface area contributed by atoms with Crippen molar-refractivity contribution >= 4 is 27.5 Å². The number of hydrogen-bond acceptors (Lipinski definition) is 5. The average Bonchev–Trinajstić information content (AvgIpc) is 2.60. The maximum absolute atomic E-state index is 12.2. The standard InChI is InChI=1S/C17H19ClN2O5S/c1-11(2)25-15-9-4-12(10-16(15)24-3)17(21)19-20-26(22,23)14-7-5-13(18)6-8-14/h4-11,20H,1-3H3,(H,19,21). The first kappa shape index (κ1) is 20.0. The largest absolute Gasteiger partial charge is 0.493 e. The van der Waals surface area contributed by atoms with E-state index < -0.39 is 15.9 Å². The Morgan fingerprint density at radius 2 is 1.73 bits per heavy atom. The van der Waals surface area contributed by atoms with E-state index in [1.54, 1.807) is 6.07 Å². The number of halogens is 1. The van der Waals surface area contributed by atoms with E-state index in [9.17, 15) is 13.2 Å². The van der Waals surface area contributed by atoms with Crippen LogP contribution in [0.15, 0.2) is 47.4 Å². The molecule has 0 aliphatic rings. The van der Waals surface area contributed by atoms with Gasteiger partial charge >= 0.3 is 0 Å². The zero-order valence-corrected chi connectivity index (χ0v) is 16.0. The van der Waals surface area contributed by atoms with Crippen molar-refractivity contribution in [2.45, 2.75) is 24.8 Å². The summed E-state index contributed by atoms with van der Waals surface area (Å²) >= 11 is 5.73. The van der Waals surface area contributed by atoms with Crippen molar-refractivity contribution < 1.29 is 22.7 Å². The number of hydrogen-bond donors (Lipinski definition) is 2. The number of carbonyl (C=O) groups is 1. The fraction of sp³-hybridized carbons (Fsp3) is 0.235. The second-order valence-corrected chi connectivity index (χ2v) is 7.66. The van der Waals surface area contributed by atoms with Gasteiger partial charge in [0.2, 0.25) is 0 Å². The molecule has 0 spiro atoms. The van der Waals surface area contributed by atoms with Gasteiger partial charge in [-0.15, -0.1) is 4.83 Å². The van der Waals surface area contributed by atoms with Gasteiger partial charge in [-0.05, 0) is 56.3 Å². The SMILES string of the molecule is COc1cc(C(=O)NNS(=O)(=O)c2ccc(Cl)cc2)ccc1OC(C)C. The van der Waals surface area contributed by atoms with Gasteiger partial charge in [-0.1, -0.05) is 11.6 Å². The van der Waals surface area contributed by atoms with Crippen LogP contribution in [0, 0.1) is 0 Å². The van der Waals surface area contributed by atoms with Crippen molar-refractivity contribution in [2.24, 2.45) is 0 Å². The molecular weight excluding hydrogens is 380 g/mol. The summed E-state index contributed by atoms with van der Waals surface area (Å²) in [6, 6.07) is 10.1. The molecule has 0 aliphatic carbocycles. The van der Waals surface area contributed by atoms with E-state index >= 15 is 0 Å². The molecule has 2 aromatic carbocycles. The minimum Gasteiger partial charge on any atom is -0.493 e. The van der Waals surface area contributed by atoms with Gasteiger partial charge in [0.25, 0.3) is 15.9 Å². The molecule has 0 aliphatic heterocycles. The van der Waals surface area contributed by atoms with Crippen LogP contribution in [0.5, 0.6) is 11.5 Å². The molecular formula is C17H19ClN2O5S. The number of nitrogens with one attached hydrogen (secondary N) is 2. The van der Waals surface area contributed by atoms with Crippen molar-refractivity contribution in [3.8, 4) is 11.5 Å². The van der Waals surface area contributed by atoms with Crippen LogP contribution in [0.2, 0.25) is 5.02 Å². The molecule has 26 heavy (non-hydrogen) atoms. The smallest absolute Gasteiger partial charge is 0.266 e. The highest BCUT2D eigenvalue weighted by molar-refractivity contribution is 7.89. The molecule has 0 radical (unpaired) electrons. The summed E-state index contributed by atoms with van der Waals surface area (Å²) in [5.74, 6) is 0.213. The van der Waals surface area contributed by atoms with Gasteiger partial charge < -0.3 is 9.47 Å². The molecule has 0 saturated carbocycles. The molecule has 2 rings (SSSR count). The molecule has 9 heteroatoms. The number of benzene rings is 2. The van der Waals surface area contributed by atoms with Gasteiger partial charge in [0.1, 0.15) is 0 Å². The zero-order chi connectivity index (χ0) is 19.3. The van der Waals surface area contributed by atoms with E-state index in [0.29, 0.717) is 16.5 Å². The second kappa shape index (κ2) is 8.39. The Kier molecular flexibility index (Phi) is 6.47. The molecule has 0 bridgehead atoms. The van der Waals surface area contributed by atoms with E-state index in [4.69, 9.17) is 21.1 Å². The molecule has 1 amide bonds. The molecule has 0 atom stereocenters. The molecule has 0 fully saturated rings. The summed E-state index contributed by atoms with van der Waals surface area (Å²) in [7, 11) is -2.46. The third-order valence-corrected chi connectivity index (χ3v) is 4.73. The van der Waals surface area contributed by atoms with Crippen LogP contribution >= 0.6 is 11.6 Å². The molecule has 2 N–H and O–H groups in total. The Hall–Kier alpha value is -2.29. The molecule has 0 heterocycles. The summed E-state index contributed by atoms with van der Waals surface area (Å²) in [5.41, 5.74) is 2.36. The van der Waals surface area contributed by atoms with Gasteiger partial charge in [0.05, 0.1) is 18.1 Å². The Bertz CT molecular complexity index is 883. The van der Waals surface area contributed by atoms with E-state index in [1.165, 1.54) is 43.5 Å². The third-order valence-electron chi connectivity index (χ3n) is 3.21. The quantitative estimate of drug-likeness (QED) is 0.699. The Labute approximate surface area is 157 Å². The lowest BCUT2D eigenvalue weighted by molar-refractivity contribution is 0.0944. The van der Waals surface area contributed by atoms with Crippen LogP contribution < -0.4 is 19.7 Å². The fourth-order valence-corrected chi connectivity index (χ4v) is 2.98. The van der Waals surface area contributed by atoms with Crippen molar-refractivity contribution in [2.75, 3.05) is 7.11 Å². The van der Waals surface area contributed by atoms with E-state index in [-0.39, 0.29) is 16.6 Å². The summed E-state index contributed by atoms with van der Waals surface area (Å²) in [6.45, 7) is 3.73. The molecule has 7 nitrogen and oxygen atoms in total. The van der Waals surface area contributed by atoms with Crippen LogP contribution in [0.4, 0.5) is 0 Å². The van der Waals surface area contributed by atoms with Crippen molar-refractivity contribution in [1.29, 1.82) is 0 Å². The third kappa shape index (κ3) is 5.10. The van der Waals surface area contributed by atoms with E-state index in [1.807, 2.05) is 18.7 Å². The van der Waals surface area contributed by atoms with Gasteiger partial charge in [-0.2, -0.15) is 0 Å². The van der Waals surface area contributed by atoms with Gasteiger partial charge in [0.15, 0.2) is 11.5 Å². The highest BCUT2D eigenvalue weighted by Gasteiger charge is 2.17. The molecule has 140 valence electrons. The first-order valence-corrected chi connectivity index (χ1v) is 9.51. The topological polar surface area (TPSA) is 93.7 Å². The van der Waals surface area contributed by atoms with Gasteiger partial charge in [0, 0.05) is 10.6 Å². The first-order valence-electron chi connectivity index (χ1n) is 7.65. The minimum absolute atomic E-state index is 0.0274. The maximum atomic E-state index is 12.2. The lowest BCUT2D eigenvalue weighted by Crippen LogP contribution is -2.41. The number of hydrazine groups is 1. The molecule has 0 aromatic heterocycles. The van der Waals surface area contributed by atoms with E-state index in [2.05, 4.69) is 5.43 Å². The monoisotopic (exact) mass is 398 g/mol. The number of ether oxygens (including phenoxy) is 2. The van der Waals surface area contributed by atoms with Crippen molar-refractivity contribution in [3.63, 3.8) is 0 Å². The number of sulfonamides is 1. The van der Waals surface area contributed by atoms with Gasteiger partial charge in [-0.3, -0.25) is 10.2 Å². The number of carbonyl (C=O) groups excluding carboxylic acids is 1. The highest BCUT2D eigenvalue weighted by atomic mass is 35.5. The van der Waals surface area contributed by atoms with Crippen LogP contribution in [0.25, 0.3) is 0 Å². The highest BCUT2D eigenvalue weighted by Crippen LogP contribution is 2.28. The van der Waals surface area contributed by atoms with Crippen molar-refractivity contribution in [3.05, 3.63) is 53.1 Å². The predicted molar refractivity (Wildman–Crippen MR) is 98.0 cm³/mol. The number of methoxy groups -OCH3 is 1. The van der Waals surface area contributed by atoms with E-state index in [0.717, 1.165) is 0 Å². The summed E-state index contributed by atoms with van der Waals surface area (Å²) in [6.07, 6.45) is -0.0604. The minimum atomic E-state index is -3.92. The van der Waals surface area contributed by atoms with Crippen LogP contribution in [-0.2, 0) is 10.0 Å². The average molecular weight is 399 g/mol. The summed E-state index contributed by atoms with van der Waals surface area (Å²) in [5, 5.41) is 0.406. The molecule has 0 saturated heterocycles. The first-order chi connectivity index (χ1) is 12.2. The number of rotatable bonds is 7. The normalized spacial score (nSPS) is 11.3. The lowest BCUT2D eigenvalue weighted by atomic mass is 10.2. The predicted octanol–water partition coefficient (Wildman–Crippen LogP) is 2.76. The van der Waals surface area contributed by atoms with Crippen LogP contribution in [-0.4, -0.2) is 27.5 Å². The Morgan fingerprint density at radius 1 is 1.08 bits per heavy atom. The Balaban J connectivity index is 2.11.